The first-order valence-corrected chi connectivity index (χ1v) is 24.9. The summed E-state index contributed by atoms with van der Waals surface area (Å²) in [6.45, 7) is 0. The Labute approximate surface area is 412 Å². The number of para-hydroxylation sites is 3. The van der Waals surface area contributed by atoms with E-state index in [-0.39, 0.29) is 0 Å². The lowest BCUT2D eigenvalue weighted by atomic mass is 9.70. The molecule has 0 N–H and O–H groups in total. The van der Waals surface area contributed by atoms with Crippen LogP contribution in [0.3, 0.4) is 0 Å². The van der Waals surface area contributed by atoms with Crippen molar-refractivity contribution in [1.82, 2.24) is 0 Å². The monoisotopic (exact) mass is 908 g/mol. The van der Waals surface area contributed by atoms with Gasteiger partial charge in [0, 0.05) is 48.4 Å². The van der Waals surface area contributed by atoms with Crippen LogP contribution in [0.2, 0.25) is 0 Å². The number of anilines is 6. The van der Waals surface area contributed by atoms with Crippen LogP contribution in [0.1, 0.15) is 22.3 Å². The molecule has 0 amide bonds. The number of rotatable bonds is 8. The third kappa shape index (κ3) is 6.05. The normalized spacial score (nSPS) is 14.1. The summed E-state index contributed by atoms with van der Waals surface area (Å²) < 4.78 is 2.56. The van der Waals surface area contributed by atoms with Crippen LogP contribution in [0, 0.1) is 0 Å². The molecular weight excluding hydrogens is 865 g/mol. The highest BCUT2D eigenvalue weighted by Crippen LogP contribution is 2.66. The fraction of sp³-hybridized carbons (Fsp3) is 0.0149. The van der Waals surface area contributed by atoms with Gasteiger partial charge in [-0.15, -0.1) is 11.3 Å². The number of thiophene rings is 1. The lowest BCUT2D eigenvalue weighted by Crippen LogP contribution is -2.27. The molecule has 1 atom stereocenters. The minimum absolute atomic E-state index is 0.658. The smallest absolute Gasteiger partial charge is 0.0727 e. The summed E-state index contributed by atoms with van der Waals surface area (Å²) in [5.74, 6) is 0. The number of nitrogens with zero attached hydrogens (tertiary/aromatic N) is 2. The lowest BCUT2D eigenvalue weighted by molar-refractivity contribution is 0.793. The predicted molar refractivity (Wildman–Crippen MR) is 296 cm³/mol. The van der Waals surface area contributed by atoms with E-state index in [1.54, 1.807) is 0 Å². The first kappa shape index (κ1) is 40.3. The summed E-state index contributed by atoms with van der Waals surface area (Å²) in [5.41, 5.74) is 21.0. The van der Waals surface area contributed by atoms with Crippen molar-refractivity contribution in [2.45, 2.75) is 5.41 Å². The van der Waals surface area contributed by atoms with E-state index in [0.717, 1.165) is 34.1 Å². The van der Waals surface area contributed by atoms with E-state index < -0.39 is 5.41 Å². The van der Waals surface area contributed by atoms with E-state index in [4.69, 9.17) is 0 Å². The summed E-state index contributed by atoms with van der Waals surface area (Å²) in [6.07, 6.45) is 0. The molecule has 2 aliphatic carbocycles. The van der Waals surface area contributed by atoms with Crippen molar-refractivity contribution < 1.29 is 0 Å². The average Bonchev–Trinajstić information content (AvgIpc) is 4.07. The van der Waals surface area contributed by atoms with Crippen molar-refractivity contribution >= 4 is 65.6 Å². The molecule has 0 radical (unpaired) electrons. The third-order valence-electron chi connectivity index (χ3n) is 14.6. The summed E-state index contributed by atoms with van der Waals surface area (Å²) in [7, 11) is 0. The van der Waals surface area contributed by atoms with Crippen LogP contribution in [-0.2, 0) is 5.41 Å². The molecule has 0 aliphatic heterocycles. The minimum Gasteiger partial charge on any atom is -0.310 e. The van der Waals surface area contributed by atoms with Gasteiger partial charge < -0.3 is 9.80 Å². The molecule has 328 valence electrons. The molecule has 0 fully saturated rings. The van der Waals surface area contributed by atoms with Crippen LogP contribution in [-0.4, -0.2) is 0 Å². The molecule has 1 spiro atoms. The van der Waals surface area contributed by atoms with E-state index in [9.17, 15) is 0 Å². The van der Waals surface area contributed by atoms with Gasteiger partial charge in [0.05, 0.1) is 22.5 Å². The Bertz CT molecular complexity index is 3890. The van der Waals surface area contributed by atoms with Crippen molar-refractivity contribution in [2.75, 3.05) is 9.80 Å². The Morgan fingerprint density at radius 3 is 1.21 bits per heavy atom. The lowest BCUT2D eigenvalue weighted by Gasteiger charge is -2.35. The number of benzene rings is 11. The maximum atomic E-state index is 2.57. The fourth-order valence-corrected chi connectivity index (χ4v) is 12.9. The maximum absolute atomic E-state index is 2.57. The highest BCUT2D eigenvalue weighted by molar-refractivity contribution is 7.26. The van der Waals surface area contributed by atoms with Crippen molar-refractivity contribution in [1.29, 1.82) is 0 Å². The average molecular weight is 909 g/mol. The molecule has 0 bridgehead atoms. The number of fused-ring (bicyclic) bond motifs is 13. The second-order valence-corrected chi connectivity index (χ2v) is 19.4. The highest BCUT2D eigenvalue weighted by Gasteiger charge is 2.53. The van der Waals surface area contributed by atoms with Crippen molar-refractivity contribution in [2.24, 2.45) is 0 Å². The highest BCUT2D eigenvalue weighted by atomic mass is 32.1. The maximum Gasteiger partial charge on any atom is 0.0727 e. The van der Waals surface area contributed by atoms with E-state index in [0.29, 0.717) is 0 Å². The zero-order chi connectivity index (χ0) is 46.2. The molecule has 2 aliphatic rings. The van der Waals surface area contributed by atoms with E-state index >= 15 is 0 Å². The van der Waals surface area contributed by atoms with Gasteiger partial charge in [0.15, 0.2) is 0 Å². The van der Waals surface area contributed by atoms with Gasteiger partial charge in [0.2, 0.25) is 0 Å². The Balaban J connectivity index is 1.12. The Kier molecular flexibility index (Phi) is 9.33. The Morgan fingerprint density at radius 2 is 0.686 bits per heavy atom. The van der Waals surface area contributed by atoms with Crippen molar-refractivity contribution in [3.8, 4) is 44.5 Å². The first-order valence-electron chi connectivity index (χ1n) is 24.1. The fourth-order valence-electron chi connectivity index (χ4n) is 11.8. The van der Waals surface area contributed by atoms with Gasteiger partial charge in [-0.25, -0.2) is 0 Å². The Hall–Kier alpha value is -8.76. The van der Waals surface area contributed by atoms with E-state index in [2.05, 4.69) is 277 Å². The van der Waals surface area contributed by atoms with E-state index in [1.807, 2.05) is 11.3 Å². The summed E-state index contributed by atoms with van der Waals surface area (Å²) in [5, 5.41) is 2.54. The molecular formula is C67H44N2S. The third-order valence-corrected chi connectivity index (χ3v) is 15.8. The molecule has 70 heavy (non-hydrogen) atoms. The number of hydrogen-bond donors (Lipinski definition) is 0. The first-order chi connectivity index (χ1) is 34.8. The standard InChI is InChI=1S/C67H44N2S/c1-6-23-45(24-7-1)53-41-55-50-33-16-19-36-57(50)67(59(55)43-62(53)68(47-27-10-3-11-28-47)48-29-12-4-13-30-48)58-37-20-17-34-51(58)56-42-54(46-25-8-2-9-26-46)63(44-60(56)67)69(49-31-14-5-15-32-49)61-38-22-40-65-66(61)52-35-18-21-39-64(52)70-65/h1-44H. The second kappa shape index (κ2) is 16.2. The molecule has 12 aromatic rings. The topological polar surface area (TPSA) is 6.48 Å². The molecule has 1 aromatic heterocycles. The van der Waals surface area contributed by atoms with Gasteiger partial charge in [0.25, 0.3) is 0 Å². The SMILES string of the molecule is c1ccc(-c2cc3c(cc2N(c2ccccc2)c2ccccc2)C2(c4ccccc4-3)c3ccccc3-c3cc(-c4ccccc4)c(N(c4ccccc4)c4cccc5sc6ccccc6c45)cc32)cc1. The molecule has 3 heteroatoms. The molecule has 0 saturated heterocycles. The van der Waals surface area contributed by atoms with Crippen LogP contribution < -0.4 is 9.80 Å². The Morgan fingerprint density at radius 1 is 0.271 bits per heavy atom. The number of hydrogen-bond acceptors (Lipinski definition) is 3. The van der Waals surface area contributed by atoms with Crippen LogP contribution in [0.25, 0.3) is 64.7 Å². The zero-order valence-corrected chi connectivity index (χ0v) is 39.0. The van der Waals surface area contributed by atoms with Crippen LogP contribution in [0.4, 0.5) is 34.1 Å². The van der Waals surface area contributed by atoms with Crippen molar-refractivity contribution in [3.05, 3.63) is 289 Å². The van der Waals surface area contributed by atoms with Gasteiger partial charge in [-0.1, -0.05) is 188 Å². The predicted octanol–water partition coefficient (Wildman–Crippen LogP) is 18.7. The summed E-state index contributed by atoms with van der Waals surface area (Å²) in [6, 6.07) is 98.8. The molecule has 2 nitrogen and oxygen atoms in total. The zero-order valence-electron chi connectivity index (χ0n) is 38.2. The van der Waals surface area contributed by atoms with Crippen molar-refractivity contribution in [3.63, 3.8) is 0 Å². The van der Waals surface area contributed by atoms with E-state index in [1.165, 1.54) is 86.9 Å². The molecule has 1 heterocycles. The molecule has 14 rings (SSSR count). The van der Waals surface area contributed by atoms with Crippen LogP contribution in [0.15, 0.2) is 267 Å². The second-order valence-electron chi connectivity index (χ2n) is 18.3. The van der Waals surface area contributed by atoms with Crippen LogP contribution >= 0.6 is 11.3 Å². The van der Waals surface area contributed by atoms with Gasteiger partial charge in [-0.3, -0.25) is 0 Å². The van der Waals surface area contributed by atoms with Crippen LogP contribution in [0.5, 0.6) is 0 Å². The quantitative estimate of drug-likeness (QED) is 0.150. The summed E-state index contributed by atoms with van der Waals surface area (Å²) in [4.78, 5) is 4.99. The van der Waals surface area contributed by atoms with Gasteiger partial charge in [-0.05, 0) is 134 Å². The largest absolute Gasteiger partial charge is 0.310 e. The van der Waals surface area contributed by atoms with Gasteiger partial charge in [0.1, 0.15) is 0 Å². The molecule has 11 aromatic carbocycles. The molecule has 1 unspecified atom stereocenters. The van der Waals surface area contributed by atoms with Gasteiger partial charge in [-0.2, -0.15) is 0 Å². The molecule has 0 saturated carbocycles. The summed E-state index contributed by atoms with van der Waals surface area (Å²) >= 11 is 1.86. The minimum atomic E-state index is -0.658. The van der Waals surface area contributed by atoms with Gasteiger partial charge >= 0.3 is 0 Å².